The number of H-pyrrole nitrogens is 1. The molecule has 2 rings (SSSR count). The Hall–Kier alpha value is -1.53. The molecule has 15 heavy (non-hydrogen) atoms. The van der Waals surface area contributed by atoms with Gasteiger partial charge in [-0.1, -0.05) is 23.5 Å². The molecule has 0 spiro atoms. The summed E-state index contributed by atoms with van der Waals surface area (Å²) >= 11 is 6.15. The summed E-state index contributed by atoms with van der Waals surface area (Å²) in [7, 11) is 0. The van der Waals surface area contributed by atoms with Crippen molar-refractivity contribution in [1.82, 2.24) is 10.2 Å². The van der Waals surface area contributed by atoms with E-state index >= 15 is 0 Å². The van der Waals surface area contributed by atoms with Crippen LogP contribution in [0.5, 0.6) is 5.75 Å². The van der Waals surface area contributed by atoms with Gasteiger partial charge in [0.2, 0.25) is 5.13 Å². The third-order valence-electron chi connectivity index (χ3n) is 1.68. The summed E-state index contributed by atoms with van der Waals surface area (Å²) in [5.41, 5.74) is 0.651. The number of phenols is 1. The minimum Gasteiger partial charge on any atom is -0.507 e. The molecule has 1 aromatic heterocycles. The first-order valence-electron chi connectivity index (χ1n) is 4.13. The molecule has 1 aromatic carbocycles. The van der Waals surface area contributed by atoms with E-state index in [4.69, 9.17) is 12.2 Å². The van der Waals surface area contributed by atoms with Crippen molar-refractivity contribution in [1.29, 1.82) is 0 Å². The summed E-state index contributed by atoms with van der Waals surface area (Å²) in [4.78, 5) is 4.08. The van der Waals surface area contributed by atoms with Gasteiger partial charge in [-0.15, -0.1) is 5.10 Å². The lowest BCUT2D eigenvalue weighted by Gasteiger charge is -1.94. The highest BCUT2D eigenvalue weighted by molar-refractivity contribution is 7.73. The van der Waals surface area contributed by atoms with Gasteiger partial charge >= 0.3 is 0 Å². The predicted octanol–water partition coefficient (Wildman–Crippen LogP) is 2.66. The fourth-order valence-electron chi connectivity index (χ4n) is 0.999. The van der Waals surface area contributed by atoms with Gasteiger partial charge in [-0.05, 0) is 24.4 Å². The first-order chi connectivity index (χ1) is 7.25. The Morgan fingerprint density at radius 1 is 1.47 bits per heavy atom. The summed E-state index contributed by atoms with van der Waals surface area (Å²) in [6.07, 6.45) is 1.55. The average Bonchev–Trinajstić information content (AvgIpc) is 2.63. The highest BCUT2D eigenvalue weighted by atomic mass is 32.1. The zero-order chi connectivity index (χ0) is 10.7. The minimum absolute atomic E-state index is 0.195. The molecule has 0 saturated carbocycles. The van der Waals surface area contributed by atoms with E-state index in [0.717, 1.165) is 0 Å². The molecule has 2 N–H and O–H groups in total. The van der Waals surface area contributed by atoms with Crippen LogP contribution in [0.25, 0.3) is 0 Å². The second kappa shape index (κ2) is 4.33. The van der Waals surface area contributed by atoms with Gasteiger partial charge in [-0.25, -0.2) is 4.99 Å². The number of aromatic nitrogens is 2. The Morgan fingerprint density at radius 2 is 2.27 bits per heavy atom. The minimum atomic E-state index is 0.195. The number of phenolic OH excluding ortho intramolecular Hbond substituents is 1. The summed E-state index contributed by atoms with van der Waals surface area (Å²) in [6, 6.07) is 6.96. The van der Waals surface area contributed by atoms with E-state index in [1.807, 2.05) is 6.07 Å². The highest BCUT2D eigenvalue weighted by Crippen LogP contribution is 2.17. The van der Waals surface area contributed by atoms with E-state index in [-0.39, 0.29) is 5.75 Å². The average molecular weight is 237 g/mol. The third-order valence-corrected chi connectivity index (χ3v) is 2.67. The van der Waals surface area contributed by atoms with Crippen molar-refractivity contribution < 1.29 is 5.11 Å². The highest BCUT2D eigenvalue weighted by Gasteiger charge is 1.96. The maximum atomic E-state index is 9.46. The Balaban J connectivity index is 2.26. The van der Waals surface area contributed by atoms with Crippen molar-refractivity contribution >= 4 is 34.9 Å². The Labute approximate surface area is 94.9 Å². The molecule has 0 saturated heterocycles. The number of aliphatic imine (C=N–C) groups is 1. The molecule has 1 heterocycles. The standard InChI is InChI=1S/C9H7N3OS2/c13-7-4-2-1-3-6(7)5-10-8-11-12-9(14)15-8/h1-5,13H,(H,12,14)/b10-5+. The molecule has 0 aliphatic carbocycles. The number of hydrogen-bond donors (Lipinski definition) is 2. The number of benzene rings is 1. The van der Waals surface area contributed by atoms with Gasteiger partial charge in [0.15, 0.2) is 3.95 Å². The smallest absolute Gasteiger partial charge is 0.230 e. The second-order valence-corrected chi connectivity index (χ2v) is 4.36. The van der Waals surface area contributed by atoms with Crippen LogP contribution in [0.4, 0.5) is 5.13 Å². The normalized spacial score (nSPS) is 10.9. The van der Waals surface area contributed by atoms with Crippen LogP contribution in [0.1, 0.15) is 5.56 Å². The van der Waals surface area contributed by atoms with Gasteiger partial charge in [0.05, 0.1) is 0 Å². The molecule has 0 bridgehead atoms. The van der Waals surface area contributed by atoms with Gasteiger partial charge in [0, 0.05) is 11.8 Å². The molecule has 0 amide bonds. The molecule has 0 fully saturated rings. The van der Waals surface area contributed by atoms with Crippen molar-refractivity contribution in [2.45, 2.75) is 0 Å². The quantitative estimate of drug-likeness (QED) is 0.623. The molecule has 2 aromatic rings. The molecule has 76 valence electrons. The van der Waals surface area contributed by atoms with Gasteiger partial charge in [0.1, 0.15) is 5.75 Å². The van der Waals surface area contributed by atoms with Gasteiger partial charge in [-0.2, -0.15) is 0 Å². The molecule has 0 radical (unpaired) electrons. The van der Waals surface area contributed by atoms with E-state index in [1.54, 1.807) is 24.4 Å². The zero-order valence-electron chi connectivity index (χ0n) is 7.54. The molecule has 4 nitrogen and oxygen atoms in total. The second-order valence-electron chi connectivity index (χ2n) is 2.71. The van der Waals surface area contributed by atoms with Crippen LogP contribution in [0, 0.1) is 3.95 Å². The molecular formula is C9H7N3OS2. The van der Waals surface area contributed by atoms with Crippen molar-refractivity contribution in [2.75, 3.05) is 0 Å². The van der Waals surface area contributed by atoms with E-state index in [0.29, 0.717) is 14.6 Å². The molecule has 6 heteroatoms. The lowest BCUT2D eigenvalue weighted by atomic mass is 10.2. The summed E-state index contributed by atoms with van der Waals surface area (Å²) < 4.78 is 0.583. The first kappa shape index (κ1) is 10.0. The van der Waals surface area contributed by atoms with Crippen molar-refractivity contribution in [3.8, 4) is 5.75 Å². The van der Waals surface area contributed by atoms with Crippen LogP contribution < -0.4 is 0 Å². The van der Waals surface area contributed by atoms with Crippen molar-refractivity contribution in [3.63, 3.8) is 0 Å². The fraction of sp³-hybridized carbons (Fsp3) is 0. The monoisotopic (exact) mass is 237 g/mol. The van der Waals surface area contributed by atoms with Crippen molar-refractivity contribution in [3.05, 3.63) is 33.8 Å². The van der Waals surface area contributed by atoms with Gasteiger partial charge in [0.25, 0.3) is 0 Å². The summed E-state index contributed by atoms with van der Waals surface area (Å²) in [5, 5.41) is 16.5. The first-order valence-corrected chi connectivity index (χ1v) is 5.36. The maximum absolute atomic E-state index is 9.46. The number of aromatic hydroxyl groups is 1. The van der Waals surface area contributed by atoms with Crippen LogP contribution in [-0.4, -0.2) is 21.5 Å². The van der Waals surface area contributed by atoms with Crippen LogP contribution in [0.3, 0.4) is 0 Å². The van der Waals surface area contributed by atoms with E-state index in [1.165, 1.54) is 11.3 Å². The zero-order valence-corrected chi connectivity index (χ0v) is 9.18. The third kappa shape index (κ3) is 2.48. The van der Waals surface area contributed by atoms with Crippen LogP contribution in [0.15, 0.2) is 29.3 Å². The lowest BCUT2D eigenvalue weighted by molar-refractivity contribution is 0.474. The fourth-order valence-corrected chi connectivity index (χ4v) is 1.72. The number of nitrogens with one attached hydrogen (secondary N) is 1. The van der Waals surface area contributed by atoms with Gasteiger partial charge in [-0.3, -0.25) is 5.10 Å². The van der Waals surface area contributed by atoms with Crippen LogP contribution in [0.2, 0.25) is 0 Å². The number of nitrogens with zero attached hydrogens (tertiary/aromatic N) is 2. The van der Waals surface area contributed by atoms with Crippen LogP contribution in [-0.2, 0) is 0 Å². The summed E-state index contributed by atoms with van der Waals surface area (Å²) in [6.45, 7) is 0. The molecular weight excluding hydrogens is 230 g/mol. The summed E-state index contributed by atoms with van der Waals surface area (Å²) in [5.74, 6) is 0.195. The number of para-hydroxylation sites is 1. The number of rotatable bonds is 2. The van der Waals surface area contributed by atoms with Crippen molar-refractivity contribution in [2.24, 2.45) is 4.99 Å². The van der Waals surface area contributed by atoms with E-state index in [2.05, 4.69) is 15.2 Å². The largest absolute Gasteiger partial charge is 0.507 e. The molecule has 0 aliphatic heterocycles. The molecule has 0 aliphatic rings. The Bertz CT molecular complexity index is 544. The number of hydrogen-bond acceptors (Lipinski definition) is 5. The van der Waals surface area contributed by atoms with E-state index in [9.17, 15) is 5.11 Å². The van der Waals surface area contributed by atoms with Gasteiger partial charge < -0.3 is 5.11 Å². The molecule has 0 atom stereocenters. The Morgan fingerprint density at radius 3 is 2.93 bits per heavy atom. The topological polar surface area (TPSA) is 61.3 Å². The molecule has 0 unspecified atom stereocenters. The Kier molecular flexibility index (Phi) is 2.89. The maximum Gasteiger partial charge on any atom is 0.230 e. The lowest BCUT2D eigenvalue weighted by Crippen LogP contribution is -1.80. The van der Waals surface area contributed by atoms with Crippen LogP contribution >= 0.6 is 23.6 Å². The SMILES string of the molecule is Oc1ccccc1/C=N/c1n[nH]c(=S)s1. The number of aromatic amines is 1. The van der Waals surface area contributed by atoms with E-state index < -0.39 is 0 Å². The predicted molar refractivity (Wildman–Crippen MR) is 62.7 cm³/mol.